The lowest BCUT2D eigenvalue weighted by molar-refractivity contribution is 0.119. The van der Waals surface area contributed by atoms with Gasteiger partial charge in [-0.1, -0.05) is 24.3 Å². The Balaban J connectivity index is 2.65. The van der Waals surface area contributed by atoms with Gasteiger partial charge in [0.05, 0.1) is 0 Å². The molecule has 0 radical (unpaired) electrons. The summed E-state index contributed by atoms with van der Waals surface area (Å²) in [5.41, 5.74) is 0.534. The van der Waals surface area contributed by atoms with Crippen molar-refractivity contribution >= 4 is 8.32 Å². The van der Waals surface area contributed by atoms with Crippen LogP contribution in [0.5, 0.6) is 0 Å². The Morgan fingerprint density at radius 2 is 1.54 bits per heavy atom. The molecule has 0 unspecified atom stereocenters. The van der Waals surface area contributed by atoms with Crippen LogP contribution in [0.3, 0.4) is 0 Å². The first-order chi connectivity index (χ1) is 5.81. The van der Waals surface area contributed by atoms with E-state index >= 15 is 0 Å². The molecule has 0 heterocycles. The van der Waals surface area contributed by atoms with E-state index in [2.05, 4.69) is 58.2 Å². The third-order valence-corrected chi connectivity index (χ3v) is 5.25. The number of allylic oxidation sites excluding steroid dienone is 4. The molecule has 1 rings (SSSR count). The van der Waals surface area contributed by atoms with E-state index in [0.29, 0.717) is 5.54 Å². The lowest BCUT2D eigenvalue weighted by Gasteiger charge is -2.35. The fourth-order valence-corrected chi connectivity index (χ4v) is 4.62. The highest BCUT2D eigenvalue weighted by atomic mass is 28.4. The Kier molecular flexibility index (Phi) is 2.83. The number of hydrogen-bond acceptors (Lipinski definition) is 1. The van der Waals surface area contributed by atoms with Gasteiger partial charge in [-0.05, 0) is 33.9 Å². The van der Waals surface area contributed by atoms with E-state index in [1.807, 2.05) is 0 Å². The first kappa shape index (κ1) is 10.7. The van der Waals surface area contributed by atoms with Gasteiger partial charge < -0.3 is 4.43 Å². The molecule has 1 aliphatic rings. The van der Waals surface area contributed by atoms with Crippen LogP contribution in [0.25, 0.3) is 0 Å². The Morgan fingerprint density at radius 1 is 1.08 bits per heavy atom. The molecule has 0 saturated carbocycles. The van der Waals surface area contributed by atoms with Crippen molar-refractivity contribution in [3.63, 3.8) is 0 Å². The Bertz CT molecular complexity index is 221. The molecule has 1 aliphatic carbocycles. The lowest BCUT2D eigenvalue weighted by Crippen LogP contribution is -2.41. The summed E-state index contributed by atoms with van der Waals surface area (Å²) in [4.78, 5) is 0. The van der Waals surface area contributed by atoms with Gasteiger partial charge in [0, 0.05) is 11.1 Å². The van der Waals surface area contributed by atoms with Crippen molar-refractivity contribution in [2.24, 2.45) is 0 Å². The third-order valence-electron chi connectivity index (χ3n) is 2.12. The maximum atomic E-state index is 6.15. The summed E-state index contributed by atoms with van der Waals surface area (Å²) < 4.78 is 6.15. The highest BCUT2D eigenvalue weighted by Gasteiger charge is 2.34. The second-order valence-corrected chi connectivity index (χ2v) is 9.19. The molecule has 0 saturated heterocycles. The Morgan fingerprint density at radius 3 is 1.92 bits per heavy atom. The molecule has 2 heteroatoms. The summed E-state index contributed by atoms with van der Waals surface area (Å²) in [6.07, 6.45) is 8.73. The normalized spacial score (nSPS) is 18.5. The standard InChI is InChI=1S/C11H20OSi/c1-11(2,3)12-13(4,5)10-8-6-7-9-10/h6-10H,1-5H3. The molecular weight excluding hydrogens is 176 g/mol. The van der Waals surface area contributed by atoms with Crippen LogP contribution >= 0.6 is 0 Å². The summed E-state index contributed by atoms with van der Waals surface area (Å²) in [5.74, 6) is 0. The maximum absolute atomic E-state index is 6.15. The third kappa shape index (κ3) is 3.12. The van der Waals surface area contributed by atoms with E-state index in [1.54, 1.807) is 0 Å². The summed E-state index contributed by atoms with van der Waals surface area (Å²) in [6.45, 7) is 10.9. The smallest absolute Gasteiger partial charge is 0.197 e. The van der Waals surface area contributed by atoms with E-state index in [-0.39, 0.29) is 5.60 Å². The summed E-state index contributed by atoms with van der Waals surface area (Å²) in [5, 5.41) is 0. The van der Waals surface area contributed by atoms with Crippen molar-refractivity contribution in [3.8, 4) is 0 Å². The predicted octanol–water partition coefficient (Wildman–Crippen LogP) is 3.50. The first-order valence-electron chi connectivity index (χ1n) is 4.86. The van der Waals surface area contributed by atoms with Gasteiger partial charge in [-0.15, -0.1) is 0 Å². The minimum Gasteiger partial charge on any atom is -0.412 e. The molecule has 0 spiro atoms. The van der Waals surface area contributed by atoms with E-state index in [4.69, 9.17) is 4.43 Å². The zero-order valence-corrected chi connectivity index (χ0v) is 10.3. The zero-order valence-electron chi connectivity index (χ0n) is 9.29. The van der Waals surface area contributed by atoms with Crippen molar-refractivity contribution < 1.29 is 4.43 Å². The number of rotatable bonds is 2. The van der Waals surface area contributed by atoms with Crippen LogP contribution in [0.15, 0.2) is 24.3 Å². The molecule has 13 heavy (non-hydrogen) atoms. The second kappa shape index (κ2) is 3.43. The van der Waals surface area contributed by atoms with Crippen molar-refractivity contribution in [2.75, 3.05) is 0 Å². The summed E-state index contributed by atoms with van der Waals surface area (Å²) in [6, 6.07) is 0. The molecule has 0 amide bonds. The largest absolute Gasteiger partial charge is 0.412 e. The van der Waals surface area contributed by atoms with Gasteiger partial charge in [-0.2, -0.15) is 0 Å². The van der Waals surface area contributed by atoms with Gasteiger partial charge in [0.25, 0.3) is 0 Å². The Labute approximate surface area is 82.6 Å². The molecular formula is C11H20OSi. The second-order valence-electron chi connectivity index (χ2n) is 5.11. The molecule has 1 nitrogen and oxygen atoms in total. The Hall–Kier alpha value is -0.343. The van der Waals surface area contributed by atoms with Crippen molar-refractivity contribution in [1.82, 2.24) is 0 Å². The topological polar surface area (TPSA) is 9.23 Å². The molecule has 0 atom stereocenters. The molecule has 0 aliphatic heterocycles. The molecule has 0 fully saturated rings. The molecule has 0 N–H and O–H groups in total. The van der Waals surface area contributed by atoms with E-state index < -0.39 is 8.32 Å². The fourth-order valence-electron chi connectivity index (χ4n) is 1.75. The molecule has 0 aromatic rings. The quantitative estimate of drug-likeness (QED) is 0.614. The zero-order chi connectivity index (χ0) is 10.1. The summed E-state index contributed by atoms with van der Waals surface area (Å²) >= 11 is 0. The highest BCUT2D eigenvalue weighted by Crippen LogP contribution is 2.32. The summed E-state index contributed by atoms with van der Waals surface area (Å²) in [7, 11) is -1.58. The van der Waals surface area contributed by atoms with E-state index in [9.17, 15) is 0 Å². The van der Waals surface area contributed by atoms with Crippen molar-refractivity contribution in [3.05, 3.63) is 24.3 Å². The van der Waals surface area contributed by atoms with Crippen LogP contribution in [0.1, 0.15) is 20.8 Å². The van der Waals surface area contributed by atoms with Crippen LogP contribution < -0.4 is 0 Å². The van der Waals surface area contributed by atoms with Gasteiger partial charge in [-0.3, -0.25) is 0 Å². The highest BCUT2D eigenvalue weighted by molar-refractivity contribution is 6.73. The van der Waals surface area contributed by atoms with Gasteiger partial charge in [0.2, 0.25) is 0 Å². The average Bonchev–Trinajstić information content (AvgIpc) is 2.29. The van der Waals surface area contributed by atoms with Crippen LogP contribution in [0.2, 0.25) is 18.6 Å². The van der Waals surface area contributed by atoms with Crippen LogP contribution in [0, 0.1) is 0 Å². The minimum absolute atomic E-state index is 0.0139. The van der Waals surface area contributed by atoms with Crippen molar-refractivity contribution in [2.45, 2.75) is 45.0 Å². The average molecular weight is 196 g/mol. The minimum atomic E-state index is -1.58. The van der Waals surface area contributed by atoms with E-state index in [0.717, 1.165) is 0 Å². The van der Waals surface area contributed by atoms with Gasteiger partial charge >= 0.3 is 0 Å². The van der Waals surface area contributed by atoms with Crippen LogP contribution in [0.4, 0.5) is 0 Å². The monoisotopic (exact) mass is 196 g/mol. The van der Waals surface area contributed by atoms with Crippen molar-refractivity contribution in [1.29, 1.82) is 0 Å². The predicted molar refractivity (Wildman–Crippen MR) is 60.4 cm³/mol. The van der Waals surface area contributed by atoms with Crippen LogP contribution in [-0.4, -0.2) is 13.9 Å². The molecule has 0 aromatic heterocycles. The first-order valence-corrected chi connectivity index (χ1v) is 7.85. The maximum Gasteiger partial charge on any atom is 0.197 e. The SMILES string of the molecule is CC(C)(C)O[Si](C)(C)C1C=CC=C1. The van der Waals surface area contributed by atoms with E-state index in [1.165, 1.54) is 0 Å². The van der Waals surface area contributed by atoms with Gasteiger partial charge in [0.15, 0.2) is 8.32 Å². The number of hydrogen-bond donors (Lipinski definition) is 0. The molecule has 74 valence electrons. The molecule has 0 bridgehead atoms. The van der Waals surface area contributed by atoms with Gasteiger partial charge in [-0.25, -0.2) is 0 Å². The van der Waals surface area contributed by atoms with Gasteiger partial charge in [0.1, 0.15) is 0 Å². The lowest BCUT2D eigenvalue weighted by atomic mass is 10.2. The fraction of sp³-hybridized carbons (Fsp3) is 0.636. The molecule has 0 aromatic carbocycles. The van der Waals surface area contributed by atoms with Crippen LogP contribution in [-0.2, 0) is 4.43 Å².